The van der Waals surface area contributed by atoms with Gasteiger partial charge >= 0.3 is 0 Å². The van der Waals surface area contributed by atoms with Gasteiger partial charge in [-0.15, -0.1) is 0 Å². The van der Waals surface area contributed by atoms with Gasteiger partial charge in [0.05, 0.1) is 0 Å². The lowest BCUT2D eigenvalue weighted by Crippen LogP contribution is -1.93. The highest BCUT2D eigenvalue weighted by molar-refractivity contribution is 5.92. The van der Waals surface area contributed by atoms with Gasteiger partial charge in [0.1, 0.15) is 0 Å². The minimum Gasteiger partial charge on any atom is -0.0620 e. The van der Waals surface area contributed by atoms with Crippen molar-refractivity contribution in [1.82, 2.24) is 0 Å². The van der Waals surface area contributed by atoms with E-state index in [2.05, 4.69) is 161 Å². The molecule has 0 atom stereocenters. The molecule has 6 aromatic rings. The molecule has 0 amide bonds. The van der Waals surface area contributed by atoms with Crippen LogP contribution in [0.1, 0.15) is 22.3 Å². The number of hydrogen-bond acceptors (Lipinski definition) is 0. The van der Waals surface area contributed by atoms with Crippen LogP contribution in [0.5, 0.6) is 0 Å². The highest BCUT2D eigenvalue weighted by Crippen LogP contribution is 2.41. The predicted octanol–water partition coefficient (Wildman–Crippen LogP) is 11.3. The Morgan fingerprint density at radius 1 is 0.250 bits per heavy atom. The van der Waals surface area contributed by atoms with Gasteiger partial charge < -0.3 is 0 Å². The molecule has 0 spiro atoms. The maximum atomic E-state index is 2.39. The first-order valence-electron chi connectivity index (χ1n) is 14.0. The molecule has 0 radical (unpaired) electrons. The van der Waals surface area contributed by atoms with Crippen LogP contribution in [-0.2, 0) is 0 Å². The molecule has 0 heterocycles. The summed E-state index contributed by atoms with van der Waals surface area (Å²) in [4.78, 5) is 0. The Balaban J connectivity index is 1.67. The summed E-state index contributed by atoms with van der Waals surface area (Å²) < 4.78 is 0. The zero-order chi connectivity index (χ0) is 27.6. The summed E-state index contributed by atoms with van der Waals surface area (Å²) in [7, 11) is 0. The second kappa shape index (κ2) is 10.8. The van der Waals surface area contributed by atoms with Gasteiger partial charge in [-0.3, -0.25) is 0 Å². The lowest BCUT2D eigenvalue weighted by Gasteiger charge is -2.18. The lowest BCUT2D eigenvalue weighted by atomic mass is 9.85. The van der Waals surface area contributed by atoms with E-state index in [1.54, 1.807) is 0 Å². The van der Waals surface area contributed by atoms with Gasteiger partial charge in [-0.2, -0.15) is 0 Å². The van der Waals surface area contributed by atoms with E-state index in [0.717, 1.165) is 0 Å². The first-order valence-corrected chi connectivity index (χ1v) is 14.0. The van der Waals surface area contributed by atoms with E-state index in [9.17, 15) is 0 Å². The molecule has 0 unspecified atom stereocenters. The first-order chi connectivity index (χ1) is 19.5. The maximum absolute atomic E-state index is 2.39. The summed E-state index contributed by atoms with van der Waals surface area (Å²) >= 11 is 0. The Kier molecular flexibility index (Phi) is 6.93. The Labute approximate surface area is 238 Å². The Bertz CT molecular complexity index is 1770. The van der Waals surface area contributed by atoms with E-state index in [1.807, 2.05) is 0 Å². The van der Waals surface area contributed by atoms with Gasteiger partial charge in [0.25, 0.3) is 0 Å². The van der Waals surface area contributed by atoms with Crippen LogP contribution in [-0.4, -0.2) is 0 Å². The summed E-state index contributed by atoms with van der Waals surface area (Å²) in [5, 5.41) is 0. The van der Waals surface area contributed by atoms with Crippen LogP contribution in [0.4, 0.5) is 0 Å². The van der Waals surface area contributed by atoms with Crippen molar-refractivity contribution in [3.63, 3.8) is 0 Å². The van der Waals surface area contributed by atoms with Crippen LogP contribution in [0.3, 0.4) is 0 Å². The van der Waals surface area contributed by atoms with Crippen LogP contribution >= 0.6 is 0 Å². The second-order valence-corrected chi connectivity index (χ2v) is 10.8. The van der Waals surface area contributed by atoms with Crippen LogP contribution in [0, 0.1) is 27.7 Å². The molecule has 0 saturated carbocycles. The highest BCUT2D eigenvalue weighted by atomic mass is 14.2. The van der Waals surface area contributed by atoms with Crippen molar-refractivity contribution < 1.29 is 0 Å². The fourth-order valence-corrected chi connectivity index (χ4v) is 5.85. The van der Waals surface area contributed by atoms with Gasteiger partial charge in [-0.05, 0) is 130 Å². The van der Waals surface area contributed by atoms with Crippen LogP contribution in [0.2, 0.25) is 0 Å². The fraction of sp³-hybridized carbons (Fsp3) is 0.100. The molecule has 0 heteroatoms. The van der Waals surface area contributed by atoms with E-state index in [-0.39, 0.29) is 0 Å². The van der Waals surface area contributed by atoms with E-state index in [0.29, 0.717) is 0 Å². The van der Waals surface area contributed by atoms with E-state index >= 15 is 0 Å². The maximum Gasteiger partial charge on any atom is -0.00987 e. The molecule has 0 nitrogen and oxygen atoms in total. The highest BCUT2D eigenvalue weighted by Gasteiger charge is 2.16. The van der Waals surface area contributed by atoms with E-state index in [4.69, 9.17) is 0 Å². The van der Waals surface area contributed by atoms with Crippen LogP contribution < -0.4 is 0 Å². The molecule has 0 saturated heterocycles. The number of benzene rings is 6. The van der Waals surface area contributed by atoms with E-state index < -0.39 is 0 Å². The van der Waals surface area contributed by atoms with Crippen molar-refractivity contribution >= 4 is 0 Å². The SMILES string of the molecule is Cc1ccccc1-c1cc(-c2ccccc2C)cc(-c2cc(-c3ccccc3C)ccc2-c2ccccc2C)c1. The monoisotopic (exact) mass is 514 g/mol. The molecule has 40 heavy (non-hydrogen) atoms. The standard InChI is InChI=1S/C40H34/c1-27-13-5-9-17-35(27)31-21-22-39(38-20-12-8-16-30(38)4)40(26-31)34-24-32(36-18-10-6-14-28(36)2)23-33(25-34)37-19-11-7-15-29(37)3/h5-26H,1-4H3. The number of hydrogen-bond donors (Lipinski definition) is 0. The molecule has 0 fully saturated rings. The van der Waals surface area contributed by atoms with Crippen molar-refractivity contribution in [3.8, 4) is 55.6 Å². The minimum absolute atomic E-state index is 1.23. The molecule has 0 aliphatic heterocycles. The number of aryl methyl sites for hydroxylation is 4. The average Bonchev–Trinajstić information content (AvgIpc) is 2.98. The molecule has 194 valence electrons. The minimum atomic E-state index is 1.23. The fourth-order valence-electron chi connectivity index (χ4n) is 5.85. The molecule has 0 aromatic heterocycles. The summed E-state index contributed by atoms with van der Waals surface area (Å²) in [6, 6.07) is 48.9. The zero-order valence-electron chi connectivity index (χ0n) is 23.7. The van der Waals surface area contributed by atoms with Crippen LogP contribution in [0.15, 0.2) is 133 Å². The molecular weight excluding hydrogens is 480 g/mol. The van der Waals surface area contributed by atoms with Crippen molar-refractivity contribution in [3.05, 3.63) is 156 Å². The summed E-state index contributed by atoms with van der Waals surface area (Å²) in [6.07, 6.45) is 0. The molecule has 6 rings (SSSR count). The second-order valence-electron chi connectivity index (χ2n) is 10.8. The van der Waals surface area contributed by atoms with Crippen molar-refractivity contribution in [2.45, 2.75) is 27.7 Å². The van der Waals surface area contributed by atoms with Gasteiger partial charge in [0.2, 0.25) is 0 Å². The summed E-state index contributed by atoms with van der Waals surface area (Å²) in [6.45, 7) is 8.80. The molecule has 0 N–H and O–H groups in total. The smallest absolute Gasteiger partial charge is 0.00987 e. The predicted molar refractivity (Wildman–Crippen MR) is 173 cm³/mol. The normalized spacial score (nSPS) is 11.0. The Morgan fingerprint density at radius 2 is 0.600 bits per heavy atom. The third-order valence-corrected chi connectivity index (χ3v) is 8.07. The third-order valence-electron chi connectivity index (χ3n) is 8.07. The largest absolute Gasteiger partial charge is 0.0620 e. The summed E-state index contributed by atoms with van der Waals surface area (Å²) in [5.41, 5.74) is 17.7. The van der Waals surface area contributed by atoms with Gasteiger partial charge in [0.15, 0.2) is 0 Å². The van der Waals surface area contributed by atoms with Crippen molar-refractivity contribution in [2.24, 2.45) is 0 Å². The third kappa shape index (κ3) is 4.90. The van der Waals surface area contributed by atoms with Crippen LogP contribution in [0.25, 0.3) is 55.6 Å². The summed E-state index contributed by atoms with van der Waals surface area (Å²) in [5.74, 6) is 0. The number of rotatable bonds is 5. The quantitative estimate of drug-likeness (QED) is 0.215. The molecule has 0 bridgehead atoms. The lowest BCUT2D eigenvalue weighted by molar-refractivity contribution is 1.43. The molecule has 0 aliphatic rings. The Hall–Kier alpha value is -4.68. The van der Waals surface area contributed by atoms with Gasteiger partial charge in [-0.25, -0.2) is 0 Å². The molecule has 0 aliphatic carbocycles. The van der Waals surface area contributed by atoms with Crippen molar-refractivity contribution in [2.75, 3.05) is 0 Å². The Morgan fingerprint density at radius 3 is 1.02 bits per heavy atom. The van der Waals surface area contributed by atoms with Crippen molar-refractivity contribution in [1.29, 1.82) is 0 Å². The molecule has 6 aromatic carbocycles. The van der Waals surface area contributed by atoms with E-state index in [1.165, 1.54) is 77.9 Å². The zero-order valence-corrected chi connectivity index (χ0v) is 23.7. The topological polar surface area (TPSA) is 0 Å². The average molecular weight is 515 g/mol. The van der Waals surface area contributed by atoms with Gasteiger partial charge in [0, 0.05) is 0 Å². The first kappa shape index (κ1) is 25.6. The van der Waals surface area contributed by atoms with Gasteiger partial charge in [-0.1, -0.05) is 109 Å². The molecular formula is C40H34.